The Kier molecular flexibility index (Phi) is 40.1. The van der Waals surface area contributed by atoms with E-state index in [0.29, 0.717) is 131 Å². The number of carbonyl (C=O) groups excluding carboxylic acids is 11. The van der Waals surface area contributed by atoms with E-state index in [0.717, 1.165) is 154 Å². The van der Waals surface area contributed by atoms with Crippen LogP contribution in [-0.2, 0) is 56.0 Å². The van der Waals surface area contributed by atoms with Gasteiger partial charge in [-0.2, -0.15) is 0 Å². The number of hydrogen-bond donors (Lipinski definition) is 6. The number of hydrogen-bond acceptors (Lipinski definition) is 22. The third-order valence-corrected chi connectivity index (χ3v) is 27.4. The van der Waals surface area contributed by atoms with Crippen LogP contribution in [0.15, 0.2) is 140 Å². The number of H-pyrrole nitrogens is 2. The summed E-state index contributed by atoms with van der Waals surface area (Å²) >= 11 is 13.2. The smallest absolute Gasteiger partial charge is 0.415 e. The number of ketones is 4. The molecule has 4 aliphatic rings. The fraction of sp³-hybridized carbons (Fsp3) is 0.486. The van der Waals surface area contributed by atoms with E-state index >= 15 is 0 Å². The van der Waals surface area contributed by atoms with Crippen molar-refractivity contribution in [2.75, 3.05) is 189 Å². The van der Waals surface area contributed by atoms with Gasteiger partial charge in [-0.15, -0.1) is 23.2 Å². The Balaban J connectivity index is 0.000000288. The molecule has 7 aromatic carbocycles. The molecule has 758 valence electrons. The molecule has 2 fully saturated rings. The van der Waals surface area contributed by atoms with Crippen molar-refractivity contribution in [3.8, 4) is 23.0 Å². The van der Waals surface area contributed by atoms with Gasteiger partial charge in [0.25, 0.3) is 5.91 Å². The van der Waals surface area contributed by atoms with E-state index in [4.69, 9.17) is 62.1 Å². The van der Waals surface area contributed by atoms with Gasteiger partial charge < -0.3 is 104 Å². The summed E-state index contributed by atoms with van der Waals surface area (Å²) in [6, 6.07) is 40.2. The zero-order valence-electron chi connectivity index (χ0n) is 83.0. The van der Waals surface area contributed by atoms with E-state index < -0.39 is 42.2 Å². The van der Waals surface area contributed by atoms with Crippen LogP contribution in [0.5, 0.6) is 23.0 Å². The van der Waals surface area contributed by atoms with Gasteiger partial charge in [-0.1, -0.05) is 99.6 Å². The van der Waals surface area contributed by atoms with E-state index in [9.17, 15) is 52.7 Å². The summed E-state index contributed by atoms with van der Waals surface area (Å²) in [5.41, 5.74) is 13.9. The van der Waals surface area contributed by atoms with Gasteiger partial charge in [0, 0.05) is 204 Å². The average molecular weight is 1980 g/mol. The van der Waals surface area contributed by atoms with Crippen LogP contribution in [-0.4, -0.2) is 289 Å². The Labute approximate surface area is 835 Å². The highest BCUT2D eigenvalue weighted by molar-refractivity contribution is 6.20. The molecule has 34 heteroatoms. The monoisotopic (exact) mass is 1980 g/mol. The lowest BCUT2D eigenvalue weighted by molar-refractivity contribution is -0.134. The number of ether oxygens (including phenoxy) is 7. The van der Waals surface area contributed by atoms with Crippen molar-refractivity contribution in [3.05, 3.63) is 174 Å². The minimum atomic E-state index is -0.844. The van der Waals surface area contributed by atoms with Gasteiger partial charge in [-0.3, -0.25) is 33.6 Å². The van der Waals surface area contributed by atoms with Crippen molar-refractivity contribution in [2.45, 2.75) is 136 Å². The number of unbranched alkanes of at least 4 members (excludes halogenated alkanes) is 2. The normalized spacial score (nSPS) is 15.4. The number of anilines is 2. The molecule has 0 unspecified atom stereocenters. The number of carbonyl (C=O) groups is 11. The Hall–Kier alpha value is -12.2. The van der Waals surface area contributed by atoms with Gasteiger partial charge in [0.15, 0.2) is 5.78 Å². The second-order valence-electron chi connectivity index (χ2n) is 38.0. The predicted molar refractivity (Wildman–Crippen MR) is 549 cm³/mol. The molecule has 0 aliphatic carbocycles. The van der Waals surface area contributed by atoms with Crippen LogP contribution in [0.4, 0.5) is 30.6 Å². The molecule has 4 aliphatic heterocycles. The fourth-order valence-electron chi connectivity index (χ4n) is 18.3. The number of rotatable bonds is 49. The second-order valence-corrected chi connectivity index (χ2v) is 38.6. The fourth-order valence-corrected chi connectivity index (χ4v) is 18.8. The average Bonchev–Trinajstić information content (AvgIpc) is 1.61. The standard InChI is InChI=1S/C67H90ClN9O12.C40H48ClN5O6/c1-44(2)63(72-64(81)50(12-11-24-70-65(69)82)37-53(79)23-31-85-34-35-86-32-30-76-25-21-49(22-26-76)46(4)78)60(80)36-47-15-17-48(18-16-47)43-88-66(83)74(7)27-28-75(8)67(84)89-61-40-59-62(56-14-10-9-13-55(56)61)52(41-68)42-77(59)45(3)58-39-51-38-54(19-20-57(51)71-58)87-33-29-73(5)6;1-26(47)27-14-17-45(18-15-27)37(48)11-5-4-8-16-42-40(50)52-36-23-35-38(32-10-7-6-9-31(32)36)29(24-41)25-46(35)39(49)34-22-28-21-30(12-13-33(28)43-34)51-20-19-44(2)3/h9-10,13-20,38-40,44,49-50,52,63,71H,3,11-12,21-37,41-43H2,1-2,4-8H3,(H,72,81)(H3,69,70,82);6-7,9-10,12-13,21-23,27,29,43H,4-5,8,11,14-20,24-25H2,1-3H3,(H,42,50)/t50-,52-,63+;29-/m11/s1. The largest absolute Gasteiger partial charge is 0.492 e. The van der Waals surface area contributed by atoms with Crippen molar-refractivity contribution in [3.63, 3.8) is 0 Å². The first-order chi connectivity index (χ1) is 67.8. The first kappa shape index (κ1) is 108. The number of nitrogens with one attached hydrogen (secondary N) is 5. The summed E-state index contributed by atoms with van der Waals surface area (Å²) in [6.07, 6.45) is 4.82. The van der Waals surface area contributed by atoms with Crippen LogP contribution < -0.4 is 50.4 Å². The number of likely N-dealkylation sites (N-methyl/N-ethyl adjacent to an activating group) is 4. The summed E-state index contributed by atoms with van der Waals surface area (Å²) in [5.74, 6) is 1.59. The van der Waals surface area contributed by atoms with E-state index in [1.165, 1.54) is 9.80 Å². The van der Waals surface area contributed by atoms with Gasteiger partial charge in [-0.25, -0.2) is 19.2 Å². The van der Waals surface area contributed by atoms with E-state index in [2.05, 4.69) is 58.2 Å². The zero-order chi connectivity index (χ0) is 101. The van der Waals surface area contributed by atoms with Gasteiger partial charge in [0.1, 0.15) is 65.9 Å². The third-order valence-electron chi connectivity index (χ3n) is 26.7. The zero-order valence-corrected chi connectivity index (χ0v) is 84.5. The quantitative estimate of drug-likeness (QED) is 0.0152. The van der Waals surface area contributed by atoms with Gasteiger partial charge in [0.2, 0.25) is 11.8 Å². The summed E-state index contributed by atoms with van der Waals surface area (Å²) in [4.78, 5) is 164. The minimum absolute atomic E-state index is 0.0155. The number of fused-ring (bicyclic) bond motifs is 8. The lowest BCUT2D eigenvalue weighted by Gasteiger charge is -2.31. The highest BCUT2D eigenvalue weighted by Crippen LogP contribution is 2.50. The van der Waals surface area contributed by atoms with Gasteiger partial charge >= 0.3 is 24.3 Å². The summed E-state index contributed by atoms with van der Waals surface area (Å²) < 4.78 is 40.9. The SMILES string of the molecule is C=C(c1cc2cc(OCCN(C)C)ccc2[nH]1)N1C[C@@H](CCl)c2c1cc(OC(=O)N(C)CCN(C)C(=O)OCc1ccc(CC(=O)[C@@H](NC(=O)[C@H](CCCNC(N)=O)CC(=O)CCOCCOCCN3CCC(C(C)=O)CC3)C(C)C)cc1)c1ccccc21.CC(=O)C1CCN(C(=O)CCCCCNC(=O)Oc2cc3c(c4ccccc24)[C@H](CCl)CN3C(=O)c2cc3cc(OCCN(C)C)ccc3[nH]2)CC1. The highest BCUT2D eigenvalue weighted by atomic mass is 35.5. The molecule has 6 heterocycles. The molecular weight excluding hydrogens is 1840 g/mol. The molecule has 0 bridgehead atoms. The first-order valence-corrected chi connectivity index (χ1v) is 50.1. The van der Waals surface area contributed by atoms with Gasteiger partial charge in [0.05, 0.1) is 49.5 Å². The number of urea groups is 1. The van der Waals surface area contributed by atoms with Crippen LogP contribution in [0.3, 0.4) is 0 Å². The van der Waals surface area contributed by atoms with Crippen LogP contribution >= 0.6 is 23.2 Å². The molecule has 2 saturated heterocycles. The number of nitrogens with zero attached hydrogens (tertiary/aromatic N) is 8. The molecule has 4 atom stereocenters. The van der Waals surface area contributed by atoms with Crippen molar-refractivity contribution < 1.29 is 85.9 Å². The minimum Gasteiger partial charge on any atom is -0.492 e. The molecule has 141 heavy (non-hydrogen) atoms. The Morgan fingerprint density at radius 2 is 1.07 bits per heavy atom. The molecule has 0 radical (unpaired) electrons. The van der Waals surface area contributed by atoms with E-state index in [1.54, 1.807) is 63.2 Å². The second kappa shape index (κ2) is 52.5. The van der Waals surface area contributed by atoms with E-state index in [-0.39, 0.29) is 123 Å². The van der Waals surface area contributed by atoms with E-state index in [1.807, 2.05) is 144 Å². The van der Waals surface area contributed by atoms with Crippen molar-refractivity contribution in [2.24, 2.45) is 29.4 Å². The van der Waals surface area contributed by atoms with Crippen molar-refractivity contribution in [1.29, 1.82) is 0 Å². The molecule has 0 saturated carbocycles. The number of halogens is 2. The number of benzene rings is 7. The lowest BCUT2D eigenvalue weighted by atomic mass is 9.91. The summed E-state index contributed by atoms with van der Waals surface area (Å²) in [6.45, 7) is 21.2. The number of likely N-dealkylation sites (tertiary alicyclic amines) is 2. The highest BCUT2D eigenvalue weighted by Gasteiger charge is 2.39. The van der Waals surface area contributed by atoms with Crippen LogP contribution in [0.25, 0.3) is 49.0 Å². The molecular formula is C107H138Cl2N14O18. The molecule has 9 aromatic rings. The molecule has 32 nitrogen and oxygen atoms in total. The molecule has 0 spiro atoms. The number of piperidine rings is 2. The number of Topliss-reactive ketones (excluding diaryl/α,β-unsaturated/α-hetero) is 4. The molecule has 7 N–H and O–H groups in total. The topological polar surface area (TPSA) is 372 Å². The molecule has 8 amide bonds. The first-order valence-electron chi connectivity index (χ1n) is 49.0. The Morgan fingerprint density at radius 3 is 1.64 bits per heavy atom. The maximum Gasteiger partial charge on any atom is 0.415 e. The third kappa shape index (κ3) is 30.2. The summed E-state index contributed by atoms with van der Waals surface area (Å²) in [7, 11) is 11.2. The summed E-state index contributed by atoms with van der Waals surface area (Å²) in [5, 5.41) is 13.5. The number of alkyl halides is 2. The number of aromatic nitrogens is 2. The number of nitrogens with two attached hydrogens (primary N) is 1. The Morgan fingerprint density at radius 1 is 0.546 bits per heavy atom. The van der Waals surface area contributed by atoms with Crippen LogP contribution in [0, 0.1) is 23.7 Å². The predicted octanol–water partition coefficient (Wildman–Crippen LogP) is 15.5. The maximum atomic E-state index is 14.1. The van der Waals surface area contributed by atoms with Gasteiger partial charge in [-0.05, 0) is 194 Å². The molecule has 13 rings (SSSR count). The number of amides is 8. The Bertz CT molecular complexity index is 5850. The van der Waals surface area contributed by atoms with Crippen molar-refractivity contribution >= 4 is 149 Å². The van der Waals surface area contributed by atoms with Crippen molar-refractivity contribution in [1.82, 2.24) is 55.3 Å². The maximum absolute atomic E-state index is 14.1. The van der Waals surface area contributed by atoms with Crippen LogP contribution in [0.2, 0.25) is 0 Å². The number of aromatic amines is 2. The number of primary amides is 1. The molecule has 2 aromatic heterocycles. The van der Waals surface area contributed by atoms with Crippen LogP contribution in [0.1, 0.15) is 155 Å². The lowest BCUT2D eigenvalue weighted by Crippen LogP contribution is -2.47.